The Morgan fingerprint density at radius 2 is 1.83 bits per heavy atom. The topological polar surface area (TPSA) is 124 Å². The molecule has 0 amide bonds. The van der Waals surface area contributed by atoms with Crippen molar-refractivity contribution in [3.63, 3.8) is 0 Å². The Hall–Kier alpha value is -4.97. The number of H-pyrrole nitrogens is 1. The molecule has 2 N–H and O–H groups in total. The van der Waals surface area contributed by atoms with Crippen LogP contribution in [0.1, 0.15) is 36.2 Å². The van der Waals surface area contributed by atoms with Crippen molar-refractivity contribution in [3.05, 3.63) is 100 Å². The van der Waals surface area contributed by atoms with Crippen LogP contribution in [-0.4, -0.2) is 50.0 Å². The van der Waals surface area contributed by atoms with Gasteiger partial charge in [0.15, 0.2) is 28.8 Å². The van der Waals surface area contributed by atoms with Gasteiger partial charge in [0.1, 0.15) is 17.0 Å². The lowest BCUT2D eigenvalue weighted by Gasteiger charge is -2.26. The molecule has 3 aromatic heterocycles. The van der Waals surface area contributed by atoms with Gasteiger partial charge in [-0.05, 0) is 68.3 Å². The monoisotopic (exact) mass is 574 g/mol. The maximum atomic E-state index is 15.2. The first kappa shape index (κ1) is 28.6. The first-order valence-corrected chi connectivity index (χ1v) is 13.1. The number of ether oxygens (including phenoxy) is 2. The number of benzene rings is 2. The highest BCUT2D eigenvalue weighted by Gasteiger charge is 2.23. The number of carbonyl (C=O) groups is 1. The summed E-state index contributed by atoms with van der Waals surface area (Å²) in [6.07, 6.45) is 3.31. The number of fused-ring (bicyclic) bond motifs is 1. The zero-order chi connectivity index (χ0) is 29.9. The minimum Gasteiger partial charge on any atom is -0.453 e. The summed E-state index contributed by atoms with van der Waals surface area (Å²) in [5.74, 6) is -0.910. The Morgan fingerprint density at radius 1 is 1.05 bits per heavy atom. The van der Waals surface area contributed by atoms with Gasteiger partial charge in [-0.2, -0.15) is 14.9 Å². The summed E-state index contributed by atoms with van der Waals surface area (Å²) in [7, 11) is 1.64. The van der Waals surface area contributed by atoms with Gasteiger partial charge in [-0.3, -0.25) is 14.7 Å². The molecule has 0 saturated carbocycles. The lowest BCUT2D eigenvalue weighted by atomic mass is 10.0. The van der Waals surface area contributed by atoms with Crippen LogP contribution in [0.5, 0.6) is 11.5 Å². The largest absolute Gasteiger partial charge is 0.453 e. The Morgan fingerprint density at radius 3 is 2.57 bits per heavy atom. The van der Waals surface area contributed by atoms with E-state index in [4.69, 9.17) is 9.47 Å². The molecule has 0 aliphatic rings. The maximum absolute atomic E-state index is 15.2. The highest BCUT2D eigenvalue weighted by molar-refractivity contribution is 5.97. The molecular formula is C30H28F2N6O4. The van der Waals surface area contributed by atoms with Crippen LogP contribution in [0.25, 0.3) is 16.7 Å². The third kappa shape index (κ3) is 6.18. The zero-order valence-corrected chi connectivity index (χ0v) is 23.1. The van der Waals surface area contributed by atoms with Crippen LogP contribution in [0.3, 0.4) is 0 Å². The second kappa shape index (κ2) is 11.9. The minimum absolute atomic E-state index is 0.0629. The number of nitrogens with zero attached hydrogens (tertiary/aromatic N) is 4. The smallest absolute Gasteiger partial charge is 0.282 e. The Labute approximate surface area is 239 Å². The SMILES string of the molecule is COCCC(C)(C)Nc1n[nH]c2nccc(Oc3ccc(CC(=O)c4ccnn(-c5ccc(F)cc5)c4=O)cc3F)c12. The van der Waals surface area contributed by atoms with E-state index in [1.54, 1.807) is 19.2 Å². The molecule has 0 radical (unpaired) electrons. The summed E-state index contributed by atoms with van der Waals surface area (Å²) in [5.41, 5.74) is -0.0253. The van der Waals surface area contributed by atoms with Crippen LogP contribution in [0.15, 0.2) is 71.8 Å². The van der Waals surface area contributed by atoms with E-state index in [1.807, 2.05) is 13.8 Å². The Bertz CT molecular complexity index is 1800. The number of nitrogens with one attached hydrogen (secondary N) is 2. The first-order valence-electron chi connectivity index (χ1n) is 13.1. The number of Topliss-reactive ketones (excluding diaryl/α,β-unsaturated/α-hetero) is 1. The van der Waals surface area contributed by atoms with Crippen molar-refractivity contribution in [1.29, 1.82) is 0 Å². The molecule has 2 aromatic carbocycles. The highest BCUT2D eigenvalue weighted by Crippen LogP contribution is 2.35. The standard InChI is InChI=1S/C30H28F2N6O4/c1-30(2,12-15-41-3)35-28-26-25(11-13-33-27(26)36-37-28)42-24-9-4-18(16-22(24)32)17-23(39)21-10-14-34-38(29(21)40)20-7-5-19(31)6-8-20/h4-11,13-14,16H,12,15,17H2,1-3H3,(H2,33,35,36,37). The summed E-state index contributed by atoms with van der Waals surface area (Å²) < 4.78 is 40.6. The van der Waals surface area contributed by atoms with Gasteiger partial charge in [0.25, 0.3) is 5.56 Å². The van der Waals surface area contributed by atoms with Gasteiger partial charge in [0, 0.05) is 44.1 Å². The average molecular weight is 575 g/mol. The van der Waals surface area contributed by atoms with Crippen molar-refractivity contribution < 1.29 is 23.0 Å². The quantitative estimate of drug-likeness (QED) is 0.206. The van der Waals surface area contributed by atoms with Crippen LogP contribution >= 0.6 is 0 Å². The number of aromatic amines is 1. The number of anilines is 1. The van der Waals surface area contributed by atoms with Gasteiger partial charge in [0.2, 0.25) is 0 Å². The normalized spacial score (nSPS) is 11.5. The number of rotatable bonds is 11. The fraction of sp³-hybridized carbons (Fsp3) is 0.233. The van der Waals surface area contributed by atoms with Crippen molar-refractivity contribution in [2.24, 2.45) is 0 Å². The molecule has 5 rings (SSSR count). The molecule has 42 heavy (non-hydrogen) atoms. The molecule has 12 heteroatoms. The van der Waals surface area contributed by atoms with Gasteiger partial charge in [-0.25, -0.2) is 13.8 Å². The predicted octanol–water partition coefficient (Wildman–Crippen LogP) is 5.23. The molecule has 5 aromatic rings. The van der Waals surface area contributed by atoms with Crippen LogP contribution in [0, 0.1) is 11.6 Å². The van der Waals surface area contributed by atoms with E-state index in [2.05, 4.69) is 25.6 Å². The molecule has 0 fully saturated rings. The number of hydrogen-bond donors (Lipinski definition) is 2. The zero-order valence-electron chi connectivity index (χ0n) is 23.1. The summed E-state index contributed by atoms with van der Waals surface area (Å²) in [5, 5.41) is 15.1. The molecule has 0 saturated heterocycles. The van der Waals surface area contributed by atoms with Crippen molar-refractivity contribution in [2.75, 3.05) is 19.0 Å². The van der Waals surface area contributed by atoms with Crippen LogP contribution in [0.2, 0.25) is 0 Å². The highest BCUT2D eigenvalue weighted by atomic mass is 19.1. The van der Waals surface area contributed by atoms with Crippen molar-refractivity contribution >= 4 is 22.6 Å². The van der Waals surface area contributed by atoms with Gasteiger partial charge < -0.3 is 14.8 Å². The second-order valence-corrected chi connectivity index (χ2v) is 10.3. The summed E-state index contributed by atoms with van der Waals surface area (Å²) in [4.78, 5) is 30.2. The molecule has 0 spiro atoms. The molecule has 3 heterocycles. The molecule has 0 aliphatic heterocycles. The number of carbonyl (C=O) groups excluding carboxylic acids is 1. The summed E-state index contributed by atoms with van der Waals surface area (Å²) in [6, 6.07) is 12.2. The van der Waals surface area contributed by atoms with Gasteiger partial charge >= 0.3 is 0 Å². The number of halogens is 2. The van der Waals surface area contributed by atoms with Crippen molar-refractivity contribution in [2.45, 2.75) is 32.2 Å². The summed E-state index contributed by atoms with van der Waals surface area (Å²) >= 11 is 0. The lowest BCUT2D eigenvalue weighted by molar-refractivity contribution is 0.0990. The van der Waals surface area contributed by atoms with Gasteiger partial charge in [-0.1, -0.05) is 6.07 Å². The first-order chi connectivity index (χ1) is 20.1. The number of hydrogen-bond acceptors (Lipinski definition) is 8. The number of methoxy groups -OCH3 is 1. The van der Waals surface area contributed by atoms with Gasteiger partial charge in [0.05, 0.1) is 11.3 Å². The van der Waals surface area contributed by atoms with E-state index < -0.39 is 23.0 Å². The Kier molecular flexibility index (Phi) is 8.07. The van der Waals surface area contributed by atoms with E-state index in [1.165, 1.54) is 54.9 Å². The van der Waals surface area contributed by atoms with Gasteiger partial charge in [-0.15, -0.1) is 0 Å². The van der Waals surface area contributed by atoms with Crippen molar-refractivity contribution in [1.82, 2.24) is 25.0 Å². The number of pyridine rings is 1. The van der Waals surface area contributed by atoms with E-state index in [9.17, 15) is 14.0 Å². The molecule has 0 aliphatic carbocycles. The molecule has 0 unspecified atom stereocenters. The molecule has 10 nitrogen and oxygen atoms in total. The minimum atomic E-state index is -0.692. The van der Waals surface area contributed by atoms with Crippen LogP contribution in [0.4, 0.5) is 14.6 Å². The van der Waals surface area contributed by atoms with E-state index in [0.29, 0.717) is 46.9 Å². The van der Waals surface area contributed by atoms with E-state index >= 15 is 4.39 Å². The number of ketones is 1. The predicted molar refractivity (Wildman–Crippen MR) is 152 cm³/mol. The average Bonchev–Trinajstić information content (AvgIpc) is 3.37. The summed E-state index contributed by atoms with van der Waals surface area (Å²) in [6.45, 7) is 4.57. The van der Waals surface area contributed by atoms with E-state index in [0.717, 1.165) is 4.68 Å². The third-order valence-corrected chi connectivity index (χ3v) is 6.61. The maximum Gasteiger partial charge on any atom is 0.282 e. The fourth-order valence-corrected chi connectivity index (χ4v) is 4.37. The molecule has 216 valence electrons. The van der Waals surface area contributed by atoms with Crippen LogP contribution < -0.4 is 15.6 Å². The molecule has 0 bridgehead atoms. The van der Waals surface area contributed by atoms with E-state index in [-0.39, 0.29) is 23.3 Å². The number of aromatic nitrogens is 5. The second-order valence-electron chi connectivity index (χ2n) is 10.3. The van der Waals surface area contributed by atoms with Crippen molar-refractivity contribution in [3.8, 4) is 17.2 Å². The fourth-order valence-electron chi connectivity index (χ4n) is 4.37. The van der Waals surface area contributed by atoms with Crippen LogP contribution in [-0.2, 0) is 11.2 Å². The Balaban J connectivity index is 1.35. The molecule has 0 atom stereocenters. The lowest BCUT2D eigenvalue weighted by Crippen LogP contribution is -2.32. The molecular weight excluding hydrogens is 546 g/mol. The third-order valence-electron chi connectivity index (χ3n) is 6.61.